The average molecular weight is 728 g/mol. The number of carbonyl (C=O) groups excluding carboxylic acids is 2. The highest BCUT2D eigenvalue weighted by Gasteiger charge is 2.30. The Morgan fingerprint density at radius 1 is 0.528 bits per heavy atom. The van der Waals surface area contributed by atoms with E-state index in [1.165, 1.54) is 156 Å². The molecule has 0 aromatic heterocycles. The van der Waals surface area contributed by atoms with E-state index in [9.17, 15) is 9.59 Å². The van der Waals surface area contributed by atoms with Crippen LogP contribution < -0.4 is 0 Å². The van der Waals surface area contributed by atoms with Gasteiger partial charge in [0.15, 0.2) is 0 Å². The van der Waals surface area contributed by atoms with Gasteiger partial charge in [-0.2, -0.15) is 0 Å². The van der Waals surface area contributed by atoms with Gasteiger partial charge >= 0.3 is 6.09 Å². The number of ether oxygens (including phenoxy) is 1. The molecule has 4 nitrogen and oxygen atoms in total. The summed E-state index contributed by atoms with van der Waals surface area (Å²) in [4.78, 5) is 28.5. The maximum Gasteiger partial charge on any atom is 0.416 e. The molecule has 4 heteroatoms. The molecule has 53 heavy (non-hydrogen) atoms. The van der Waals surface area contributed by atoms with E-state index in [1.54, 1.807) is 0 Å². The van der Waals surface area contributed by atoms with Crippen LogP contribution in [-0.2, 0) is 9.53 Å². The topological polar surface area (TPSA) is 46.6 Å². The van der Waals surface area contributed by atoms with Crippen molar-refractivity contribution in [3.8, 4) is 11.1 Å². The van der Waals surface area contributed by atoms with E-state index in [0.29, 0.717) is 13.0 Å². The van der Waals surface area contributed by atoms with Crippen molar-refractivity contribution in [1.82, 2.24) is 4.90 Å². The van der Waals surface area contributed by atoms with Crippen molar-refractivity contribution in [3.05, 3.63) is 71.8 Å². The number of imide groups is 1. The minimum absolute atomic E-state index is 0.00486. The number of benzene rings is 2. The normalized spacial score (nSPS) is 12.3. The highest BCUT2D eigenvalue weighted by molar-refractivity contribution is 5.92. The van der Waals surface area contributed by atoms with Crippen LogP contribution in [0.15, 0.2) is 60.7 Å². The molecular weight excluding hydrogens is 651 g/mol. The lowest BCUT2D eigenvalue weighted by molar-refractivity contribution is -0.129. The van der Waals surface area contributed by atoms with Gasteiger partial charge in [-0.05, 0) is 60.8 Å². The Hall–Kier alpha value is -2.88. The Bertz CT molecular complexity index is 1220. The Labute approximate surface area is 325 Å². The fraction of sp³-hybridized carbons (Fsp3) is 0.673. The minimum atomic E-state index is -0.473. The molecule has 0 heterocycles. The number of amides is 2. The zero-order valence-electron chi connectivity index (χ0n) is 34.2. The standard InChI is InChI=1S/C49H77NO3/c1-3-5-7-9-11-13-15-17-19-20-22-24-26-28-30-40-48(51)50(41-35-29-27-25-23-21-18-16-14-12-10-8-6-4-2)49(52)53-42-47-45-38-33-31-36-43(45)44-37-32-34-39-46(44)47/h17,19,31-34,36-39,47H,3-16,18,20-30,35,40-42H2,1-2H3/b19-17-. The van der Waals surface area contributed by atoms with E-state index < -0.39 is 6.09 Å². The van der Waals surface area contributed by atoms with Gasteiger partial charge in [-0.25, -0.2) is 9.69 Å². The van der Waals surface area contributed by atoms with Gasteiger partial charge in [-0.3, -0.25) is 4.79 Å². The molecule has 3 rings (SSSR count). The molecule has 0 radical (unpaired) electrons. The highest BCUT2D eigenvalue weighted by Crippen LogP contribution is 2.44. The van der Waals surface area contributed by atoms with Gasteiger partial charge in [0.2, 0.25) is 5.91 Å². The number of fused-ring (bicyclic) bond motifs is 3. The molecule has 1 aliphatic carbocycles. The molecule has 2 aromatic rings. The first kappa shape index (κ1) is 44.5. The van der Waals surface area contributed by atoms with E-state index >= 15 is 0 Å². The molecule has 0 saturated carbocycles. The Morgan fingerprint density at radius 3 is 1.40 bits per heavy atom. The molecule has 0 aliphatic heterocycles. The number of allylic oxidation sites excluding steroid dienone is 2. The van der Waals surface area contributed by atoms with Gasteiger partial charge in [-0.15, -0.1) is 0 Å². The van der Waals surface area contributed by atoms with Crippen LogP contribution in [0.4, 0.5) is 4.79 Å². The molecule has 0 saturated heterocycles. The lowest BCUT2D eigenvalue weighted by Crippen LogP contribution is -2.38. The SMILES string of the molecule is CCCCCCCC/C=C\CCCCCCCC(=O)N(CCCCCCCCCCCCCCCC)C(=O)OCC1c2ccccc2-c2ccccc21. The summed E-state index contributed by atoms with van der Waals surface area (Å²) in [6, 6.07) is 16.8. The summed E-state index contributed by atoms with van der Waals surface area (Å²) >= 11 is 0. The van der Waals surface area contributed by atoms with E-state index in [1.807, 2.05) is 0 Å². The summed E-state index contributed by atoms with van der Waals surface area (Å²) in [5.41, 5.74) is 4.81. The summed E-state index contributed by atoms with van der Waals surface area (Å²) in [5, 5.41) is 0. The molecule has 0 unspecified atom stereocenters. The predicted octanol–water partition coefficient (Wildman–Crippen LogP) is 15.3. The maximum atomic E-state index is 13.6. The molecule has 0 fully saturated rings. The number of rotatable bonds is 32. The van der Waals surface area contributed by atoms with Gasteiger partial charge < -0.3 is 4.74 Å². The predicted molar refractivity (Wildman–Crippen MR) is 227 cm³/mol. The summed E-state index contributed by atoms with van der Waals surface area (Å²) in [6.07, 6.45) is 38.6. The third kappa shape index (κ3) is 18.3. The monoisotopic (exact) mass is 728 g/mol. The Balaban J connectivity index is 1.36. The van der Waals surface area contributed by atoms with Crippen LogP contribution in [0.25, 0.3) is 11.1 Å². The van der Waals surface area contributed by atoms with Crippen LogP contribution in [0, 0.1) is 0 Å². The van der Waals surface area contributed by atoms with E-state index in [2.05, 4.69) is 74.5 Å². The van der Waals surface area contributed by atoms with Crippen molar-refractivity contribution in [2.75, 3.05) is 13.2 Å². The molecule has 2 amide bonds. The fourth-order valence-electron chi connectivity index (χ4n) is 7.94. The molecule has 1 aliphatic rings. The summed E-state index contributed by atoms with van der Waals surface area (Å²) < 4.78 is 5.98. The molecule has 0 N–H and O–H groups in total. The third-order valence-corrected chi connectivity index (χ3v) is 11.2. The lowest BCUT2D eigenvalue weighted by Gasteiger charge is -2.22. The van der Waals surface area contributed by atoms with Gasteiger partial charge in [0.25, 0.3) is 0 Å². The van der Waals surface area contributed by atoms with Gasteiger partial charge in [-0.1, -0.05) is 209 Å². The van der Waals surface area contributed by atoms with Crippen LogP contribution in [0.5, 0.6) is 0 Å². The third-order valence-electron chi connectivity index (χ3n) is 11.2. The van der Waals surface area contributed by atoms with Crippen molar-refractivity contribution in [1.29, 1.82) is 0 Å². The summed E-state index contributed by atoms with van der Waals surface area (Å²) in [5.74, 6) is -0.0794. The molecule has 0 atom stereocenters. The quantitative estimate of drug-likeness (QED) is 0.0557. The van der Waals surface area contributed by atoms with Crippen molar-refractivity contribution >= 4 is 12.0 Å². The van der Waals surface area contributed by atoms with Gasteiger partial charge in [0.05, 0.1) is 0 Å². The lowest BCUT2D eigenvalue weighted by atomic mass is 9.98. The number of hydrogen-bond donors (Lipinski definition) is 0. The zero-order valence-corrected chi connectivity index (χ0v) is 34.2. The van der Waals surface area contributed by atoms with Crippen LogP contribution in [0.3, 0.4) is 0 Å². The number of hydrogen-bond acceptors (Lipinski definition) is 3. The van der Waals surface area contributed by atoms with Crippen LogP contribution in [0.2, 0.25) is 0 Å². The molecule has 296 valence electrons. The number of nitrogens with zero attached hydrogens (tertiary/aromatic N) is 1. The summed E-state index contributed by atoms with van der Waals surface area (Å²) in [6.45, 7) is 5.26. The van der Waals surface area contributed by atoms with Crippen LogP contribution in [-0.4, -0.2) is 30.1 Å². The van der Waals surface area contributed by atoms with E-state index in [0.717, 1.165) is 44.9 Å². The first-order chi connectivity index (χ1) is 26.2. The molecule has 0 bridgehead atoms. The number of carbonyl (C=O) groups is 2. The largest absolute Gasteiger partial charge is 0.448 e. The van der Waals surface area contributed by atoms with Crippen LogP contribution >= 0.6 is 0 Å². The first-order valence-electron chi connectivity index (χ1n) is 22.5. The average Bonchev–Trinajstić information content (AvgIpc) is 3.50. The highest BCUT2D eigenvalue weighted by atomic mass is 16.6. The van der Waals surface area contributed by atoms with Crippen molar-refractivity contribution in [3.63, 3.8) is 0 Å². The van der Waals surface area contributed by atoms with Crippen molar-refractivity contribution in [2.45, 2.75) is 200 Å². The second kappa shape index (κ2) is 29.5. The van der Waals surface area contributed by atoms with Crippen molar-refractivity contribution in [2.24, 2.45) is 0 Å². The van der Waals surface area contributed by atoms with Gasteiger partial charge in [0, 0.05) is 18.9 Å². The second-order valence-electron chi connectivity index (χ2n) is 15.8. The minimum Gasteiger partial charge on any atom is -0.448 e. The Kier molecular flexibility index (Phi) is 24.8. The summed E-state index contributed by atoms with van der Waals surface area (Å²) in [7, 11) is 0. The maximum absolute atomic E-state index is 13.6. The first-order valence-corrected chi connectivity index (χ1v) is 22.5. The van der Waals surface area contributed by atoms with Crippen LogP contribution in [0.1, 0.15) is 211 Å². The van der Waals surface area contributed by atoms with Gasteiger partial charge in [0.1, 0.15) is 6.61 Å². The molecule has 0 spiro atoms. The second-order valence-corrected chi connectivity index (χ2v) is 15.8. The van der Waals surface area contributed by atoms with E-state index in [4.69, 9.17) is 4.74 Å². The smallest absolute Gasteiger partial charge is 0.416 e. The van der Waals surface area contributed by atoms with E-state index in [-0.39, 0.29) is 18.4 Å². The Morgan fingerprint density at radius 2 is 0.925 bits per heavy atom. The number of unbranched alkanes of at least 4 members (excludes halogenated alkanes) is 24. The zero-order chi connectivity index (χ0) is 37.6. The fourth-order valence-corrected chi connectivity index (χ4v) is 7.94. The molecular formula is C49H77NO3. The van der Waals surface area contributed by atoms with Crippen molar-refractivity contribution < 1.29 is 14.3 Å². The molecule has 2 aromatic carbocycles.